The monoisotopic (exact) mass is 510 g/mol. The fourth-order valence-electron chi connectivity index (χ4n) is 3.16. The highest BCUT2D eigenvalue weighted by Gasteiger charge is 2.22. The summed E-state index contributed by atoms with van der Waals surface area (Å²) in [6.45, 7) is 0. The van der Waals surface area contributed by atoms with Gasteiger partial charge < -0.3 is 10.4 Å². The Morgan fingerprint density at radius 3 is 2.53 bits per heavy atom. The summed E-state index contributed by atoms with van der Waals surface area (Å²) in [6, 6.07) is 16.1. The Bertz CT molecular complexity index is 1120. The van der Waals surface area contributed by atoms with E-state index in [4.69, 9.17) is 0 Å². The van der Waals surface area contributed by atoms with Crippen molar-refractivity contribution in [1.29, 1.82) is 0 Å². The second-order valence-electron chi connectivity index (χ2n) is 7.09. The number of aliphatic carboxylic acids is 1. The first-order valence-corrected chi connectivity index (χ1v) is 12.2. The fourth-order valence-corrected chi connectivity index (χ4v) is 4.02. The molecule has 1 heterocycles. The molecule has 1 unspecified atom stereocenters. The molecular weight excluding hydrogens is 488 g/mol. The van der Waals surface area contributed by atoms with Gasteiger partial charge in [-0.15, -0.1) is 0 Å². The lowest BCUT2D eigenvalue weighted by Gasteiger charge is -2.16. The van der Waals surface area contributed by atoms with Crippen LogP contribution in [-0.2, 0) is 4.79 Å². The number of benzene rings is 2. The van der Waals surface area contributed by atoms with Crippen LogP contribution in [-0.4, -0.2) is 40.0 Å². The first-order valence-electron chi connectivity index (χ1n) is 9.98. The van der Waals surface area contributed by atoms with E-state index < -0.39 is 17.9 Å². The molecule has 0 saturated carbocycles. The normalized spacial score (nSPS) is 11.9. The van der Waals surface area contributed by atoms with Crippen molar-refractivity contribution in [3.8, 4) is 11.1 Å². The van der Waals surface area contributed by atoms with Gasteiger partial charge in [0.2, 0.25) is 0 Å². The Morgan fingerprint density at radius 1 is 1.09 bits per heavy atom. The maximum atomic E-state index is 13.0. The van der Waals surface area contributed by atoms with Gasteiger partial charge in [-0.1, -0.05) is 48.6 Å². The molecule has 0 saturated heterocycles. The van der Waals surface area contributed by atoms with Gasteiger partial charge in [0.25, 0.3) is 5.91 Å². The number of aromatic nitrogens is 1. The van der Waals surface area contributed by atoms with Crippen LogP contribution in [0.15, 0.2) is 71.5 Å². The maximum absolute atomic E-state index is 13.0. The number of halogens is 1. The number of carboxylic acid groups (broad SMARTS) is 1. The molecule has 0 spiro atoms. The van der Waals surface area contributed by atoms with Crippen molar-refractivity contribution in [3.63, 3.8) is 0 Å². The predicted molar refractivity (Wildman–Crippen MR) is 135 cm³/mol. The van der Waals surface area contributed by atoms with Gasteiger partial charge in [-0.2, -0.15) is 11.8 Å². The van der Waals surface area contributed by atoms with Gasteiger partial charge in [0, 0.05) is 22.4 Å². The molecule has 5 nitrogen and oxygen atoms in total. The lowest BCUT2D eigenvalue weighted by molar-refractivity contribution is -0.139. The average molecular weight is 511 g/mol. The maximum Gasteiger partial charge on any atom is 0.326 e. The number of carbonyl (C=O) groups is 2. The van der Waals surface area contributed by atoms with Gasteiger partial charge in [0.1, 0.15) is 6.04 Å². The summed E-state index contributed by atoms with van der Waals surface area (Å²) in [5, 5.41) is 12.2. The molecule has 0 aliphatic carbocycles. The number of carbonyl (C=O) groups excluding carboxylic acids is 1. The summed E-state index contributed by atoms with van der Waals surface area (Å²) in [7, 11) is 0. The highest BCUT2D eigenvalue weighted by atomic mass is 79.9. The Hall–Kier alpha value is -2.90. The number of pyridine rings is 1. The largest absolute Gasteiger partial charge is 0.480 e. The molecule has 0 aliphatic rings. The zero-order valence-electron chi connectivity index (χ0n) is 17.5. The molecule has 1 aromatic heterocycles. The third-order valence-corrected chi connectivity index (χ3v) is 5.86. The average Bonchev–Trinajstić information content (AvgIpc) is 2.80. The Labute approximate surface area is 200 Å². The fraction of sp³-hybridized carbons (Fsp3) is 0.160. The summed E-state index contributed by atoms with van der Waals surface area (Å²) < 4.78 is 0.895. The third kappa shape index (κ3) is 6.55. The second kappa shape index (κ2) is 11.6. The van der Waals surface area contributed by atoms with E-state index in [9.17, 15) is 14.7 Å². The van der Waals surface area contributed by atoms with Crippen LogP contribution in [0.1, 0.15) is 27.9 Å². The summed E-state index contributed by atoms with van der Waals surface area (Å²) in [5.74, 6) is -0.781. The van der Waals surface area contributed by atoms with Crippen LogP contribution in [0.5, 0.6) is 0 Å². The van der Waals surface area contributed by atoms with E-state index in [2.05, 4.69) is 26.2 Å². The molecule has 1 atom stereocenters. The zero-order valence-corrected chi connectivity index (χ0v) is 19.9. The van der Waals surface area contributed by atoms with E-state index in [0.717, 1.165) is 26.7 Å². The SMILES string of the molecule is CSCCC(NC(=O)c1ccc(C=Cc2cncc(Br)c2)cc1-c1ccccc1)C(=O)O. The highest BCUT2D eigenvalue weighted by molar-refractivity contribution is 9.10. The van der Waals surface area contributed by atoms with E-state index in [-0.39, 0.29) is 0 Å². The summed E-state index contributed by atoms with van der Waals surface area (Å²) in [6.07, 6.45) is 9.67. The summed E-state index contributed by atoms with van der Waals surface area (Å²) in [5.41, 5.74) is 3.92. The molecule has 0 bridgehead atoms. The standard InChI is InChI=1S/C25H23BrN2O3S/c1-32-12-11-23(25(30)31)28-24(29)21-10-9-17(7-8-18-13-20(26)16-27-15-18)14-22(21)19-5-3-2-4-6-19/h2-10,13-16,23H,11-12H2,1H3,(H,28,29)(H,30,31). The topological polar surface area (TPSA) is 79.3 Å². The number of thioether (sulfide) groups is 1. The van der Waals surface area contributed by atoms with Gasteiger partial charge in [0.15, 0.2) is 0 Å². The molecular formula is C25H23BrN2O3S. The Kier molecular flexibility index (Phi) is 8.64. The van der Waals surface area contributed by atoms with Crippen molar-refractivity contribution in [1.82, 2.24) is 10.3 Å². The number of carboxylic acids is 1. The van der Waals surface area contributed by atoms with Crippen LogP contribution in [0.25, 0.3) is 23.3 Å². The molecule has 2 aromatic carbocycles. The number of nitrogens with one attached hydrogen (secondary N) is 1. The first-order chi connectivity index (χ1) is 15.5. The minimum Gasteiger partial charge on any atom is -0.480 e. The minimum absolute atomic E-state index is 0.365. The van der Waals surface area contributed by atoms with Crippen molar-refractivity contribution in [2.24, 2.45) is 0 Å². The number of amides is 1. The number of hydrogen-bond donors (Lipinski definition) is 2. The van der Waals surface area contributed by atoms with Gasteiger partial charge in [0.05, 0.1) is 0 Å². The van der Waals surface area contributed by atoms with Gasteiger partial charge in [-0.25, -0.2) is 4.79 Å². The highest BCUT2D eigenvalue weighted by Crippen LogP contribution is 2.26. The van der Waals surface area contributed by atoms with Crippen molar-refractivity contribution in [2.75, 3.05) is 12.0 Å². The summed E-state index contributed by atoms with van der Waals surface area (Å²) >= 11 is 4.96. The van der Waals surface area contributed by atoms with Gasteiger partial charge in [-0.3, -0.25) is 9.78 Å². The van der Waals surface area contributed by atoms with Crippen LogP contribution in [0.4, 0.5) is 0 Å². The van der Waals surface area contributed by atoms with Gasteiger partial charge in [-0.05, 0) is 74.8 Å². The van der Waals surface area contributed by atoms with Gasteiger partial charge >= 0.3 is 5.97 Å². The molecule has 7 heteroatoms. The van der Waals surface area contributed by atoms with E-state index in [1.807, 2.05) is 66.9 Å². The van der Waals surface area contributed by atoms with Crippen molar-refractivity contribution in [2.45, 2.75) is 12.5 Å². The molecule has 3 rings (SSSR count). The minimum atomic E-state index is -1.03. The Balaban J connectivity index is 1.93. The van der Waals surface area contributed by atoms with E-state index in [1.165, 1.54) is 0 Å². The Morgan fingerprint density at radius 2 is 1.84 bits per heavy atom. The number of nitrogens with zero attached hydrogens (tertiary/aromatic N) is 1. The number of hydrogen-bond acceptors (Lipinski definition) is 4. The van der Waals surface area contributed by atoms with Crippen LogP contribution in [0.2, 0.25) is 0 Å². The van der Waals surface area contributed by atoms with Crippen LogP contribution >= 0.6 is 27.7 Å². The molecule has 2 N–H and O–H groups in total. The van der Waals surface area contributed by atoms with Crippen molar-refractivity contribution in [3.05, 3.63) is 88.2 Å². The van der Waals surface area contributed by atoms with E-state index in [1.54, 1.807) is 30.2 Å². The molecule has 0 aliphatic heterocycles. The first kappa shape index (κ1) is 23.8. The van der Waals surface area contributed by atoms with Crippen LogP contribution in [0.3, 0.4) is 0 Å². The second-order valence-corrected chi connectivity index (χ2v) is 8.99. The third-order valence-electron chi connectivity index (χ3n) is 4.78. The zero-order chi connectivity index (χ0) is 22.9. The lowest BCUT2D eigenvalue weighted by Crippen LogP contribution is -2.41. The lowest BCUT2D eigenvalue weighted by atomic mass is 9.96. The number of rotatable bonds is 9. The quantitative estimate of drug-likeness (QED) is 0.390. The molecule has 0 fully saturated rings. The smallest absolute Gasteiger partial charge is 0.326 e. The molecule has 3 aromatic rings. The molecule has 1 amide bonds. The van der Waals surface area contributed by atoms with Crippen molar-refractivity contribution < 1.29 is 14.7 Å². The molecule has 164 valence electrons. The van der Waals surface area contributed by atoms with Crippen molar-refractivity contribution >= 4 is 51.7 Å². The van der Waals surface area contributed by atoms with E-state index >= 15 is 0 Å². The van der Waals surface area contributed by atoms with E-state index in [0.29, 0.717) is 17.7 Å². The molecule has 0 radical (unpaired) electrons. The summed E-state index contributed by atoms with van der Waals surface area (Å²) in [4.78, 5) is 28.8. The molecule has 32 heavy (non-hydrogen) atoms. The van der Waals surface area contributed by atoms with Crippen LogP contribution < -0.4 is 5.32 Å². The predicted octanol–water partition coefficient (Wildman–Crippen LogP) is 5.62. The van der Waals surface area contributed by atoms with Crippen LogP contribution in [0, 0.1) is 0 Å².